The smallest absolute Gasteiger partial charge is 0.189 e. The molecule has 0 fully saturated rings. The minimum atomic E-state index is 0. The van der Waals surface area contributed by atoms with Crippen LogP contribution in [0.4, 0.5) is 0 Å². The molecule has 1 aromatic heterocycles. The highest BCUT2D eigenvalue weighted by Gasteiger charge is 1.99. The highest BCUT2D eigenvalue weighted by atomic mass is 79.9. The molecule has 0 aliphatic rings. The second-order valence-electron chi connectivity index (χ2n) is 2.95. The summed E-state index contributed by atoms with van der Waals surface area (Å²) in [5.74, 6) is 0. The number of aromatic nitrogens is 1. The summed E-state index contributed by atoms with van der Waals surface area (Å²) in [7, 11) is 1.92. The van der Waals surface area contributed by atoms with Crippen molar-refractivity contribution in [3.8, 4) is 0 Å². The summed E-state index contributed by atoms with van der Waals surface area (Å²) in [4.78, 5) is 11.4. The summed E-state index contributed by atoms with van der Waals surface area (Å²) in [6.45, 7) is 0. The summed E-state index contributed by atoms with van der Waals surface area (Å²) in [6, 6.07) is 7.23. The van der Waals surface area contributed by atoms with Gasteiger partial charge < -0.3 is 4.57 Å². The SMILES string of the molecule is Cl.Cn1ccc(=O)c2ccc(Br)cc21. The molecule has 0 saturated carbocycles. The Bertz CT molecular complexity index is 521. The Morgan fingerprint density at radius 3 is 2.71 bits per heavy atom. The first-order valence-electron chi connectivity index (χ1n) is 3.93. The van der Waals surface area contributed by atoms with E-state index in [1.807, 2.05) is 29.8 Å². The van der Waals surface area contributed by atoms with E-state index in [0.29, 0.717) is 0 Å². The van der Waals surface area contributed by atoms with Crippen LogP contribution in [-0.4, -0.2) is 4.57 Å². The number of aryl methyl sites for hydroxylation is 1. The Kier molecular flexibility index (Phi) is 3.34. The zero-order chi connectivity index (χ0) is 9.42. The van der Waals surface area contributed by atoms with E-state index in [-0.39, 0.29) is 17.8 Å². The van der Waals surface area contributed by atoms with Gasteiger partial charge in [0.1, 0.15) is 0 Å². The molecule has 0 radical (unpaired) electrons. The van der Waals surface area contributed by atoms with Crippen LogP contribution in [0, 0.1) is 0 Å². The number of benzene rings is 1. The van der Waals surface area contributed by atoms with Gasteiger partial charge in [0, 0.05) is 29.2 Å². The van der Waals surface area contributed by atoms with E-state index in [2.05, 4.69) is 15.9 Å². The van der Waals surface area contributed by atoms with Crippen LogP contribution >= 0.6 is 28.3 Å². The third kappa shape index (κ3) is 1.83. The molecule has 14 heavy (non-hydrogen) atoms. The molecule has 0 unspecified atom stereocenters. The van der Waals surface area contributed by atoms with Gasteiger partial charge in [-0.15, -0.1) is 12.4 Å². The fraction of sp³-hybridized carbons (Fsp3) is 0.100. The molecule has 0 amide bonds. The molecule has 2 nitrogen and oxygen atoms in total. The van der Waals surface area contributed by atoms with E-state index in [1.165, 1.54) is 0 Å². The van der Waals surface area contributed by atoms with E-state index < -0.39 is 0 Å². The van der Waals surface area contributed by atoms with Crippen molar-refractivity contribution in [1.29, 1.82) is 0 Å². The van der Waals surface area contributed by atoms with Crippen LogP contribution in [0.5, 0.6) is 0 Å². The van der Waals surface area contributed by atoms with Gasteiger partial charge >= 0.3 is 0 Å². The van der Waals surface area contributed by atoms with Crippen molar-refractivity contribution in [2.45, 2.75) is 0 Å². The van der Waals surface area contributed by atoms with Gasteiger partial charge in [-0.3, -0.25) is 4.79 Å². The number of hydrogen-bond acceptors (Lipinski definition) is 1. The van der Waals surface area contributed by atoms with Crippen LogP contribution in [0.1, 0.15) is 0 Å². The minimum absolute atomic E-state index is 0. The average molecular weight is 275 g/mol. The Hall–Kier alpha value is -0.800. The van der Waals surface area contributed by atoms with Crippen molar-refractivity contribution in [1.82, 2.24) is 4.57 Å². The van der Waals surface area contributed by atoms with E-state index in [1.54, 1.807) is 12.3 Å². The van der Waals surface area contributed by atoms with Gasteiger partial charge in [-0.05, 0) is 18.2 Å². The van der Waals surface area contributed by atoms with E-state index in [0.717, 1.165) is 15.4 Å². The second kappa shape index (κ2) is 4.15. The molecule has 1 aromatic carbocycles. The lowest BCUT2D eigenvalue weighted by Gasteiger charge is -2.03. The first-order chi connectivity index (χ1) is 6.18. The Morgan fingerprint density at radius 1 is 1.29 bits per heavy atom. The number of fused-ring (bicyclic) bond motifs is 1. The van der Waals surface area contributed by atoms with Crippen molar-refractivity contribution in [2.75, 3.05) is 0 Å². The van der Waals surface area contributed by atoms with Crippen LogP contribution in [-0.2, 0) is 7.05 Å². The molecular weight excluding hydrogens is 265 g/mol. The van der Waals surface area contributed by atoms with Gasteiger partial charge in [-0.25, -0.2) is 0 Å². The normalized spacial score (nSPS) is 9.86. The van der Waals surface area contributed by atoms with Crippen molar-refractivity contribution >= 4 is 39.2 Å². The van der Waals surface area contributed by atoms with Gasteiger partial charge in [0.25, 0.3) is 0 Å². The zero-order valence-corrected chi connectivity index (χ0v) is 9.93. The molecule has 2 aromatic rings. The van der Waals surface area contributed by atoms with E-state index in [4.69, 9.17) is 0 Å². The summed E-state index contributed by atoms with van der Waals surface area (Å²) in [5, 5.41) is 0.758. The average Bonchev–Trinajstić information content (AvgIpc) is 2.12. The molecule has 0 aliphatic carbocycles. The summed E-state index contributed by atoms with van der Waals surface area (Å²) in [5.41, 5.74) is 1.02. The second-order valence-corrected chi connectivity index (χ2v) is 3.87. The lowest BCUT2D eigenvalue weighted by atomic mass is 10.2. The third-order valence-corrected chi connectivity index (χ3v) is 2.55. The quantitative estimate of drug-likeness (QED) is 0.724. The van der Waals surface area contributed by atoms with Crippen molar-refractivity contribution in [2.24, 2.45) is 7.05 Å². The predicted octanol–water partition coefficient (Wildman–Crippen LogP) is 2.72. The van der Waals surface area contributed by atoms with Crippen LogP contribution in [0.2, 0.25) is 0 Å². The lowest BCUT2D eigenvalue weighted by Crippen LogP contribution is -2.04. The first kappa shape index (κ1) is 11.3. The highest BCUT2D eigenvalue weighted by Crippen LogP contribution is 2.16. The summed E-state index contributed by atoms with van der Waals surface area (Å²) < 4.78 is 2.92. The Balaban J connectivity index is 0.000000980. The molecule has 0 N–H and O–H groups in total. The monoisotopic (exact) mass is 273 g/mol. The molecule has 0 atom stereocenters. The van der Waals surface area contributed by atoms with Gasteiger partial charge in [0.05, 0.1) is 5.52 Å². The minimum Gasteiger partial charge on any atom is -0.350 e. The molecular formula is C10H9BrClNO. The van der Waals surface area contributed by atoms with Gasteiger partial charge in [-0.2, -0.15) is 0 Å². The molecule has 0 spiro atoms. The van der Waals surface area contributed by atoms with Crippen LogP contribution < -0.4 is 5.43 Å². The van der Waals surface area contributed by atoms with Crippen molar-refractivity contribution in [3.63, 3.8) is 0 Å². The van der Waals surface area contributed by atoms with Crippen LogP contribution in [0.3, 0.4) is 0 Å². The molecule has 1 heterocycles. The maximum Gasteiger partial charge on any atom is 0.189 e. The Labute approximate surface area is 96.1 Å². The molecule has 0 saturated heterocycles. The predicted molar refractivity (Wildman–Crippen MR) is 64.1 cm³/mol. The standard InChI is InChI=1S/C10H8BrNO.ClH/c1-12-5-4-10(13)8-3-2-7(11)6-9(8)12;/h2-6H,1H3;1H. The number of nitrogens with zero attached hydrogens (tertiary/aromatic N) is 1. The molecule has 2 rings (SSSR count). The van der Waals surface area contributed by atoms with Gasteiger partial charge in [0.15, 0.2) is 5.43 Å². The van der Waals surface area contributed by atoms with Gasteiger partial charge in [0.2, 0.25) is 0 Å². The largest absolute Gasteiger partial charge is 0.350 e. The summed E-state index contributed by atoms with van der Waals surface area (Å²) in [6.07, 6.45) is 1.77. The molecule has 0 bridgehead atoms. The number of rotatable bonds is 0. The molecule has 4 heteroatoms. The first-order valence-corrected chi connectivity index (χ1v) is 4.73. The third-order valence-electron chi connectivity index (χ3n) is 2.05. The maximum atomic E-state index is 11.4. The zero-order valence-electron chi connectivity index (χ0n) is 7.53. The Morgan fingerprint density at radius 2 is 2.00 bits per heavy atom. The summed E-state index contributed by atoms with van der Waals surface area (Å²) >= 11 is 3.38. The maximum absolute atomic E-state index is 11.4. The van der Waals surface area contributed by atoms with E-state index >= 15 is 0 Å². The van der Waals surface area contributed by atoms with Crippen LogP contribution in [0.15, 0.2) is 39.7 Å². The molecule has 74 valence electrons. The lowest BCUT2D eigenvalue weighted by molar-refractivity contribution is 0.950. The van der Waals surface area contributed by atoms with Crippen LogP contribution in [0.25, 0.3) is 10.9 Å². The highest BCUT2D eigenvalue weighted by molar-refractivity contribution is 9.10. The number of pyridine rings is 1. The van der Waals surface area contributed by atoms with Crippen molar-refractivity contribution in [3.05, 3.63) is 45.2 Å². The van der Waals surface area contributed by atoms with E-state index in [9.17, 15) is 4.79 Å². The number of halogens is 2. The molecule has 0 aliphatic heterocycles. The number of hydrogen-bond donors (Lipinski definition) is 0. The fourth-order valence-electron chi connectivity index (χ4n) is 1.35. The van der Waals surface area contributed by atoms with Gasteiger partial charge in [-0.1, -0.05) is 15.9 Å². The fourth-order valence-corrected chi connectivity index (χ4v) is 1.70. The topological polar surface area (TPSA) is 22.0 Å². The van der Waals surface area contributed by atoms with Crippen molar-refractivity contribution < 1.29 is 0 Å².